The second kappa shape index (κ2) is 8.79. The lowest BCUT2D eigenvalue weighted by molar-refractivity contribution is -0.125. The fraction of sp³-hybridized carbons (Fsp3) is 0.269. The average Bonchev–Trinajstić information content (AvgIpc) is 2.85. The van der Waals surface area contributed by atoms with Gasteiger partial charge in [-0.05, 0) is 61.6 Å². The number of nitrogens with zero attached hydrogens (tertiary/aromatic N) is 4. The summed E-state index contributed by atoms with van der Waals surface area (Å²) in [7, 11) is 0. The summed E-state index contributed by atoms with van der Waals surface area (Å²) in [5.74, 6) is 0.646. The van der Waals surface area contributed by atoms with Crippen molar-refractivity contribution in [2.24, 2.45) is 0 Å². The van der Waals surface area contributed by atoms with Gasteiger partial charge in [-0.25, -0.2) is 19.9 Å². The number of hydrogen-bond acceptors (Lipinski definition) is 7. The number of nitrogen functional groups attached to an aromatic ring is 1. The van der Waals surface area contributed by atoms with Crippen LogP contribution in [0.3, 0.4) is 0 Å². The third kappa shape index (κ3) is 4.08. The Labute approximate surface area is 197 Å². The van der Waals surface area contributed by atoms with Crippen molar-refractivity contribution in [1.82, 2.24) is 19.9 Å². The maximum Gasteiger partial charge on any atom is 0.236 e. The molecule has 4 aromatic rings. The quantitative estimate of drug-likeness (QED) is 0.479. The minimum atomic E-state index is -0.707. The second-order valence-corrected chi connectivity index (χ2v) is 8.70. The maximum absolute atomic E-state index is 13.7. The van der Waals surface area contributed by atoms with Crippen LogP contribution >= 0.6 is 0 Å². The topological polar surface area (TPSA) is 116 Å². The van der Waals surface area contributed by atoms with Gasteiger partial charge in [-0.15, -0.1) is 0 Å². The molecule has 5 rings (SSSR count). The van der Waals surface area contributed by atoms with E-state index in [1.807, 2.05) is 56.3 Å². The lowest BCUT2D eigenvalue weighted by Crippen LogP contribution is -2.45. The lowest BCUT2D eigenvalue weighted by Gasteiger charge is -2.36. The van der Waals surface area contributed by atoms with E-state index in [1.165, 1.54) is 0 Å². The van der Waals surface area contributed by atoms with E-state index in [4.69, 9.17) is 10.5 Å². The smallest absolute Gasteiger partial charge is 0.236 e. The molecular formula is C26H26N6O2. The molecule has 4 heterocycles. The third-order valence-corrected chi connectivity index (χ3v) is 6.47. The average molecular weight is 455 g/mol. The van der Waals surface area contributed by atoms with E-state index in [0.29, 0.717) is 37.5 Å². The lowest BCUT2D eigenvalue weighted by atomic mass is 9.73. The number of nitrogens with one attached hydrogen (secondary N) is 1. The van der Waals surface area contributed by atoms with Crippen molar-refractivity contribution < 1.29 is 9.53 Å². The Kier molecular flexibility index (Phi) is 5.67. The van der Waals surface area contributed by atoms with E-state index in [1.54, 1.807) is 12.4 Å². The zero-order chi connectivity index (χ0) is 23.7. The fourth-order valence-corrected chi connectivity index (χ4v) is 4.57. The molecule has 0 bridgehead atoms. The van der Waals surface area contributed by atoms with Crippen LogP contribution in [0.5, 0.6) is 0 Å². The number of benzene rings is 1. The van der Waals surface area contributed by atoms with Crippen LogP contribution in [-0.2, 0) is 14.9 Å². The highest BCUT2D eigenvalue weighted by atomic mass is 16.5. The Hall–Kier alpha value is -3.91. The van der Waals surface area contributed by atoms with E-state index in [9.17, 15) is 4.79 Å². The van der Waals surface area contributed by atoms with Crippen LogP contribution in [-0.4, -0.2) is 39.1 Å². The molecule has 0 saturated carbocycles. The van der Waals surface area contributed by atoms with Crippen molar-refractivity contribution in [3.63, 3.8) is 0 Å². The van der Waals surface area contributed by atoms with Gasteiger partial charge in [-0.2, -0.15) is 0 Å². The summed E-state index contributed by atoms with van der Waals surface area (Å²) in [6, 6.07) is 13.8. The number of rotatable bonds is 4. The summed E-state index contributed by atoms with van der Waals surface area (Å²) in [5, 5.41) is 4.03. The number of ether oxygens (including phenoxy) is 1. The second-order valence-electron chi connectivity index (χ2n) is 8.70. The Bertz CT molecular complexity index is 1350. The van der Waals surface area contributed by atoms with Gasteiger partial charge in [0.2, 0.25) is 11.9 Å². The van der Waals surface area contributed by atoms with Gasteiger partial charge in [0.1, 0.15) is 5.82 Å². The molecule has 34 heavy (non-hydrogen) atoms. The van der Waals surface area contributed by atoms with Crippen molar-refractivity contribution in [3.8, 4) is 11.1 Å². The molecule has 172 valence electrons. The van der Waals surface area contributed by atoms with Crippen LogP contribution in [0.2, 0.25) is 0 Å². The molecular weight excluding hydrogens is 428 g/mol. The molecule has 8 nitrogen and oxygen atoms in total. The predicted molar refractivity (Wildman–Crippen MR) is 131 cm³/mol. The van der Waals surface area contributed by atoms with Crippen LogP contribution in [0.25, 0.3) is 22.2 Å². The molecule has 1 saturated heterocycles. The van der Waals surface area contributed by atoms with Crippen LogP contribution in [0.15, 0.2) is 54.9 Å². The molecule has 1 fully saturated rings. The van der Waals surface area contributed by atoms with Crippen LogP contribution in [0.4, 0.5) is 11.8 Å². The first-order chi connectivity index (χ1) is 16.4. The highest BCUT2D eigenvalue weighted by molar-refractivity contribution is 5.99. The van der Waals surface area contributed by atoms with Gasteiger partial charge in [0, 0.05) is 42.3 Å². The summed E-state index contributed by atoms with van der Waals surface area (Å²) in [6.45, 7) is 5.02. The maximum atomic E-state index is 13.7. The van der Waals surface area contributed by atoms with E-state index in [-0.39, 0.29) is 11.9 Å². The predicted octanol–water partition coefficient (Wildman–Crippen LogP) is 3.97. The van der Waals surface area contributed by atoms with Gasteiger partial charge < -0.3 is 15.8 Å². The van der Waals surface area contributed by atoms with Gasteiger partial charge in [-0.3, -0.25) is 4.79 Å². The SMILES string of the molecule is Cc1cc(C)c2ccc(NC(=O)C3(c4ccc(-c5cnc(N)nc5)cc4)CCOCC3)nc2n1. The van der Waals surface area contributed by atoms with Gasteiger partial charge in [0.15, 0.2) is 5.65 Å². The van der Waals surface area contributed by atoms with E-state index in [0.717, 1.165) is 33.3 Å². The number of aromatic nitrogens is 4. The molecule has 0 spiro atoms. The first kappa shape index (κ1) is 21.9. The molecule has 8 heteroatoms. The molecule has 1 aliphatic rings. The summed E-state index contributed by atoms with van der Waals surface area (Å²) < 4.78 is 5.60. The van der Waals surface area contributed by atoms with E-state index in [2.05, 4.69) is 25.3 Å². The van der Waals surface area contributed by atoms with Crippen molar-refractivity contribution >= 4 is 28.7 Å². The number of pyridine rings is 2. The summed E-state index contributed by atoms with van der Waals surface area (Å²) in [5.41, 5.74) is 10.3. The number of aryl methyl sites for hydroxylation is 2. The minimum Gasteiger partial charge on any atom is -0.381 e. The van der Waals surface area contributed by atoms with Gasteiger partial charge in [0.05, 0.1) is 5.41 Å². The molecule has 0 radical (unpaired) electrons. The first-order valence-electron chi connectivity index (χ1n) is 11.3. The molecule has 0 atom stereocenters. The Morgan fingerprint density at radius 1 is 0.971 bits per heavy atom. The number of carbonyl (C=O) groups excluding carboxylic acids is 1. The summed E-state index contributed by atoms with van der Waals surface area (Å²) in [6.07, 6.45) is 4.56. The van der Waals surface area contributed by atoms with Crippen LogP contribution < -0.4 is 11.1 Å². The van der Waals surface area contributed by atoms with E-state index >= 15 is 0 Å². The number of nitrogens with two attached hydrogens (primary N) is 1. The Morgan fingerprint density at radius 3 is 2.38 bits per heavy atom. The molecule has 0 unspecified atom stereocenters. The van der Waals surface area contributed by atoms with E-state index < -0.39 is 5.41 Å². The van der Waals surface area contributed by atoms with Crippen molar-refractivity contribution in [3.05, 3.63) is 71.7 Å². The number of anilines is 2. The Balaban J connectivity index is 1.45. The first-order valence-corrected chi connectivity index (χ1v) is 11.3. The molecule has 3 N–H and O–H groups in total. The van der Waals surface area contributed by atoms with Crippen molar-refractivity contribution in [2.75, 3.05) is 24.3 Å². The molecule has 0 aliphatic carbocycles. The van der Waals surface area contributed by atoms with Crippen LogP contribution in [0, 0.1) is 13.8 Å². The number of fused-ring (bicyclic) bond motifs is 1. The third-order valence-electron chi connectivity index (χ3n) is 6.47. The molecule has 1 amide bonds. The largest absolute Gasteiger partial charge is 0.381 e. The van der Waals surface area contributed by atoms with Gasteiger partial charge >= 0.3 is 0 Å². The summed E-state index contributed by atoms with van der Waals surface area (Å²) in [4.78, 5) is 31.0. The molecule has 1 aliphatic heterocycles. The van der Waals surface area contributed by atoms with Gasteiger partial charge in [-0.1, -0.05) is 24.3 Å². The fourth-order valence-electron chi connectivity index (χ4n) is 4.57. The van der Waals surface area contributed by atoms with Crippen molar-refractivity contribution in [1.29, 1.82) is 0 Å². The zero-order valence-corrected chi connectivity index (χ0v) is 19.2. The normalized spacial score (nSPS) is 15.2. The molecule has 1 aromatic carbocycles. The number of hydrogen-bond donors (Lipinski definition) is 2. The monoisotopic (exact) mass is 454 g/mol. The highest BCUT2D eigenvalue weighted by Gasteiger charge is 2.42. The van der Waals surface area contributed by atoms with Crippen molar-refractivity contribution in [2.45, 2.75) is 32.1 Å². The van der Waals surface area contributed by atoms with Crippen LogP contribution in [0.1, 0.15) is 29.7 Å². The number of amides is 1. The number of carbonyl (C=O) groups is 1. The zero-order valence-electron chi connectivity index (χ0n) is 19.2. The van der Waals surface area contributed by atoms with Gasteiger partial charge in [0.25, 0.3) is 0 Å². The summed E-state index contributed by atoms with van der Waals surface area (Å²) >= 11 is 0. The minimum absolute atomic E-state index is 0.0874. The standard InChI is InChI=1S/C26H26N6O2/c1-16-13-17(2)30-23-21(16)7-8-22(31-23)32-24(33)26(9-11-34-12-10-26)20-5-3-18(4-6-20)19-14-28-25(27)29-15-19/h3-8,13-15H,9-12H2,1-2H3,(H2,27,28,29)(H,30,31,32,33). The molecule has 3 aromatic heterocycles. The highest BCUT2D eigenvalue weighted by Crippen LogP contribution is 2.37. The Morgan fingerprint density at radius 2 is 1.68 bits per heavy atom.